The van der Waals surface area contributed by atoms with Crippen LogP contribution in [0.1, 0.15) is 57.4 Å². The topological polar surface area (TPSA) is 115 Å². The lowest BCUT2D eigenvalue weighted by Crippen LogP contribution is -2.14. The number of nitrogens with zero attached hydrogens (tertiary/aromatic N) is 5. The van der Waals surface area contributed by atoms with Gasteiger partial charge in [0.15, 0.2) is 11.3 Å². The summed E-state index contributed by atoms with van der Waals surface area (Å²) in [6.07, 6.45) is 4.75. The summed E-state index contributed by atoms with van der Waals surface area (Å²) >= 11 is 0. The summed E-state index contributed by atoms with van der Waals surface area (Å²) in [4.78, 5) is 29.2. The number of carbonyl (C=O) groups excluding carboxylic acids is 2. The maximum atomic E-state index is 12.9. The van der Waals surface area contributed by atoms with Crippen molar-refractivity contribution in [1.82, 2.24) is 24.4 Å². The molecule has 2 aromatic carbocycles. The van der Waals surface area contributed by atoms with E-state index in [2.05, 4.69) is 39.7 Å². The quantitative estimate of drug-likeness (QED) is 0.255. The Morgan fingerprint density at radius 2 is 1.70 bits per heavy atom. The number of pyridine rings is 1. The monoisotopic (exact) mass is 541 g/mol. The fourth-order valence-electron chi connectivity index (χ4n) is 3.88. The van der Waals surface area contributed by atoms with E-state index in [1.807, 2.05) is 45.2 Å². The fraction of sp³-hybridized carbons (Fsp3) is 0.300. The van der Waals surface area contributed by atoms with Gasteiger partial charge in [-0.2, -0.15) is 10.1 Å². The number of fused-ring (bicyclic) bond motifs is 2. The van der Waals surface area contributed by atoms with Crippen LogP contribution in [0, 0.1) is 5.92 Å². The smallest absolute Gasteiger partial charge is 0.276 e. The second-order valence-electron chi connectivity index (χ2n) is 9.15. The van der Waals surface area contributed by atoms with E-state index < -0.39 is 0 Å². The summed E-state index contributed by atoms with van der Waals surface area (Å²) in [6.45, 7) is 8.25. The van der Waals surface area contributed by atoms with Crippen LogP contribution in [0.15, 0.2) is 66.9 Å². The first-order chi connectivity index (χ1) is 19.4. The van der Waals surface area contributed by atoms with Gasteiger partial charge in [-0.1, -0.05) is 58.4 Å². The Kier molecular flexibility index (Phi) is 9.11. The number of aromatic nitrogens is 5. The molecule has 10 nitrogen and oxygen atoms in total. The van der Waals surface area contributed by atoms with Crippen LogP contribution < -0.4 is 15.4 Å². The van der Waals surface area contributed by atoms with Crippen LogP contribution in [0.3, 0.4) is 0 Å². The third kappa shape index (κ3) is 6.63. The molecule has 0 spiro atoms. The molecule has 0 bridgehead atoms. The standard InChI is InChI=1S/C25H21N7O3.C3H8.C2H6/c1-31-20-8-3-2-7-19(20)22(29-31)24(34)26-16-5-4-6-17(13-16)35-18-11-12-21-27-25(30-32(21)14-18)28-23(33)15-9-10-15;1-3-2;1-2/h2-8,11-15H,9-10H2,1H3,(H,26,34)(H,28,30,33);3H2,1-2H3;1-2H3. The van der Waals surface area contributed by atoms with Crippen LogP contribution >= 0.6 is 0 Å². The molecule has 0 unspecified atom stereocenters. The molecule has 0 atom stereocenters. The Labute approximate surface area is 233 Å². The zero-order chi connectivity index (χ0) is 28.6. The molecule has 3 heterocycles. The molecule has 10 heteroatoms. The Hall–Kier alpha value is -4.73. The minimum absolute atomic E-state index is 0.0464. The fourth-order valence-corrected chi connectivity index (χ4v) is 3.88. The highest BCUT2D eigenvalue weighted by Gasteiger charge is 2.30. The number of carbonyl (C=O) groups is 2. The molecule has 40 heavy (non-hydrogen) atoms. The highest BCUT2D eigenvalue weighted by atomic mass is 16.5. The highest BCUT2D eigenvalue weighted by Crippen LogP contribution is 2.30. The number of ether oxygens (including phenoxy) is 1. The zero-order valence-corrected chi connectivity index (χ0v) is 23.5. The third-order valence-corrected chi connectivity index (χ3v) is 5.79. The van der Waals surface area contributed by atoms with E-state index in [0.29, 0.717) is 28.5 Å². The summed E-state index contributed by atoms with van der Waals surface area (Å²) in [5, 5.41) is 15.1. The molecule has 1 saturated carbocycles. The van der Waals surface area contributed by atoms with Gasteiger partial charge < -0.3 is 10.1 Å². The molecule has 5 aromatic rings. The molecule has 2 amide bonds. The summed E-state index contributed by atoms with van der Waals surface area (Å²) in [5.41, 5.74) is 2.41. The van der Waals surface area contributed by atoms with Gasteiger partial charge in [-0.05, 0) is 43.2 Å². The summed E-state index contributed by atoms with van der Waals surface area (Å²) < 4.78 is 9.22. The van der Waals surface area contributed by atoms with E-state index in [-0.39, 0.29) is 23.7 Å². The minimum Gasteiger partial charge on any atom is -0.456 e. The van der Waals surface area contributed by atoms with Crippen LogP contribution in [0.25, 0.3) is 16.6 Å². The van der Waals surface area contributed by atoms with Crippen LogP contribution in [-0.4, -0.2) is 36.2 Å². The molecule has 1 fully saturated rings. The minimum atomic E-state index is -0.302. The molecule has 6 rings (SSSR count). The Bertz CT molecular complexity index is 1620. The normalized spacial score (nSPS) is 12.1. The maximum Gasteiger partial charge on any atom is 0.276 e. The molecule has 2 N–H and O–H groups in total. The lowest BCUT2D eigenvalue weighted by Gasteiger charge is -2.08. The predicted molar refractivity (Wildman–Crippen MR) is 157 cm³/mol. The van der Waals surface area contributed by atoms with Gasteiger partial charge in [-0.25, -0.2) is 4.52 Å². The number of rotatable bonds is 6. The first kappa shape index (κ1) is 28.3. The third-order valence-electron chi connectivity index (χ3n) is 5.79. The van der Waals surface area contributed by atoms with Crippen molar-refractivity contribution in [2.24, 2.45) is 13.0 Å². The first-order valence-electron chi connectivity index (χ1n) is 13.6. The first-order valence-corrected chi connectivity index (χ1v) is 13.6. The van der Waals surface area contributed by atoms with E-state index in [0.717, 1.165) is 23.7 Å². The van der Waals surface area contributed by atoms with Gasteiger partial charge in [0.2, 0.25) is 11.9 Å². The van der Waals surface area contributed by atoms with Gasteiger partial charge in [0, 0.05) is 30.1 Å². The molecule has 0 saturated heterocycles. The predicted octanol–water partition coefficient (Wildman–Crippen LogP) is 6.45. The van der Waals surface area contributed by atoms with E-state index >= 15 is 0 Å². The van der Waals surface area contributed by atoms with Gasteiger partial charge in [-0.15, -0.1) is 5.10 Å². The van der Waals surface area contributed by atoms with Crippen LogP contribution in [0.4, 0.5) is 11.6 Å². The molecule has 208 valence electrons. The molecule has 1 aliphatic rings. The number of aryl methyl sites for hydroxylation is 1. The van der Waals surface area contributed by atoms with Crippen molar-refractivity contribution in [3.8, 4) is 11.5 Å². The van der Waals surface area contributed by atoms with E-state index in [1.54, 1.807) is 51.8 Å². The van der Waals surface area contributed by atoms with Crippen LogP contribution in [0.5, 0.6) is 11.5 Å². The average molecular weight is 542 g/mol. The van der Waals surface area contributed by atoms with Gasteiger partial charge in [0.05, 0.1) is 11.7 Å². The van der Waals surface area contributed by atoms with Crippen LogP contribution in [-0.2, 0) is 11.8 Å². The van der Waals surface area contributed by atoms with Gasteiger partial charge in [0.1, 0.15) is 11.5 Å². The number of para-hydroxylation sites is 1. The Morgan fingerprint density at radius 3 is 2.45 bits per heavy atom. The largest absolute Gasteiger partial charge is 0.456 e. The second kappa shape index (κ2) is 12.9. The van der Waals surface area contributed by atoms with Crippen molar-refractivity contribution in [3.05, 3.63) is 72.6 Å². The number of nitrogens with one attached hydrogen (secondary N) is 2. The zero-order valence-electron chi connectivity index (χ0n) is 23.5. The van der Waals surface area contributed by atoms with Crippen molar-refractivity contribution < 1.29 is 14.3 Å². The number of hydrogen-bond acceptors (Lipinski definition) is 6. The molecule has 0 aliphatic heterocycles. The van der Waals surface area contributed by atoms with Gasteiger partial charge in [0.25, 0.3) is 5.91 Å². The van der Waals surface area contributed by atoms with Gasteiger partial charge in [-0.3, -0.25) is 19.6 Å². The Morgan fingerprint density at radius 1 is 0.950 bits per heavy atom. The molecular weight excluding hydrogens is 506 g/mol. The summed E-state index contributed by atoms with van der Waals surface area (Å²) in [6, 6.07) is 18.2. The lowest BCUT2D eigenvalue weighted by atomic mass is 10.2. The number of hydrogen-bond donors (Lipinski definition) is 2. The van der Waals surface area contributed by atoms with Crippen molar-refractivity contribution in [2.75, 3.05) is 10.6 Å². The van der Waals surface area contributed by atoms with E-state index in [1.165, 1.54) is 6.42 Å². The van der Waals surface area contributed by atoms with Crippen molar-refractivity contribution in [1.29, 1.82) is 0 Å². The van der Waals surface area contributed by atoms with E-state index in [9.17, 15) is 9.59 Å². The maximum absolute atomic E-state index is 12.9. The van der Waals surface area contributed by atoms with Crippen molar-refractivity contribution in [3.63, 3.8) is 0 Å². The van der Waals surface area contributed by atoms with Crippen molar-refractivity contribution in [2.45, 2.75) is 47.0 Å². The highest BCUT2D eigenvalue weighted by molar-refractivity contribution is 6.11. The second-order valence-corrected chi connectivity index (χ2v) is 9.15. The number of amides is 2. The summed E-state index contributed by atoms with van der Waals surface area (Å²) in [7, 11) is 1.81. The van der Waals surface area contributed by atoms with E-state index in [4.69, 9.17) is 4.74 Å². The lowest BCUT2D eigenvalue weighted by molar-refractivity contribution is -0.117. The molecule has 1 aliphatic carbocycles. The Balaban J connectivity index is 0.000000695. The molecule has 3 aromatic heterocycles. The number of benzene rings is 2. The molecular formula is C30H35N7O3. The molecule has 0 radical (unpaired) electrons. The number of anilines is 2. The average Bonchev–Trinajstić information content (AvgIpc) is 3.66. The van der Waals surface area contributed by atoms with Gasteiger partial charge >= 0.3 is 0 Å². The van der Waals surface area contributed by atoms with Crippen LogP contribution in [0.2, 0.25) is 0 Å². The summed E-state index contributed by atoms with van der Waals surface area (Å²) in [5.74, 6) is 1.06. The van der Waals surface area contributed by atoms with Crippen molar-refractivity contribution >= 4 is 40.0 Å². The SMILES string of the molecule is CC.CCC.Cn1nc(C(=O)Nc2cccc(Oc3ccc4nc(NC(=O)C5CC5)nn4c3)c2)c2ccccc21.